The molecule has 3 amide bonds. The zero-order chi connectivity index (χ0) is 19.7. The van der Waals surface area contributed by atoms with Crippen LogP contribution in [0.3, 0.4) is 0 Å². The van der Waals surface area contributed by atoms with Gasteiger partial charge in [0, 0.05) is 12.6 Å². The van der Waals surface area contributed by atoms with Gasteiger partial charge in [0.15, 0.2) is 0 Å². The number of carbonyl (C=O) groups excluding carboxylic acids is 2. The molecule has 0 aliphatic heterocycles. The molecule has 146 valence electrons. The quantitative estimate of drug-likeness (QED) is 0.615. The minimum atomic E-state index is -0.430. The number of hydrogen-bond donors (Lipinski definition) is 3. The molecule has 0 bridgehead atoms. The van der Waals surface area contributed by atoms with Crippen molar-refractivity contribution in [3.05, 3.63) is 35.4 Å². The highest BCUT2D eigenvalue weighted by Crippen LogP contribution is 2.26. The summed E-state index contributed by atoms with van der Waals surface area (Å²) in [7, 11) is 0. The third-order valence-corrected chi connectivity index (χ3v) is 4.35. The Balaban J connectivity index is 2.60. The fraction of sp³-hybridized carbons (Fsp3) is 0.619. The van der Waals surface area contributed by atoms with E-state index in [1.165, 1.54) is 5.56 Å². The summed E-state index contributed by atoms with van der Waals surface area (Å²) in [4.78, 5) is 23.6. The zero-order valence-electron chi connectivity index (χ0n) is 17.1. The van der Waals surface area contributed by atoms with E-state index in [1.54, 1.807) is 0 Å². The van der Waals surface area contributed by atoms with Crippen LogP contribution in [0.25, 0.3) is 0 Å². The topological polar surface area (TPSA) is 70.2 Å². The van der Waals surface area contributed by atoms with Gasteiger partial charge in [-0.1, -0.05) is 72.2 Å². The van der Waals surface area contributed by atoms with Crippen LogP contribution in [-0.2, 0) is 10.2 Å². The number of rotatable bonds is 8. The van der Waals surface area contributed by atoms with Crippen LogP contribution in [-0.4, -0.2) is 25.0 Å². The van der Waals surface area contributed by atoms with E-state index in [0.29, 0.717) is 12.5 Å². The molecular formula is C21H35N3O2. The van der Waals surface area contributed by atoms with Crippen LogP contribution in [0.5, 0.6) is 0 Å². The van der Waals surface area contributed by atoms with Gasteiger partial charge in [-0.05, 0) is 28.9 Å². The highest BCUT2D eigenvalue weighted by atomic mass is 16.2. The van der Waals surface area contributed by atoms with E-state index in [9.17, 15) is 9.59 Å². The predicted molar refractivity (Wildman–Crippen MR) is 107 cm³/mol. The molecule has 0 spiro atoms. The summed E-state index contributed by atoms with van der Waals surface area (Å²) in [6.45, 7) is 13.5. The summed E-state index contributed by atoms with van der Waals surface area (Å²) in [6.07, 6.45) is 1.90. The largest absolute Gasteiger partial charge is 0.338 e. The number of imide groups is 1. The van der Waals surface area contributed by atoms with Gasteiger partial charge in [-0.2, -0.15) is 0 Å². The molecule has 5 heteroatoms. The lowest BCUT2D eigenvalue weighted by Crippen LogP contribution is -2.44. The van der Waals surface area contributed by atoms with E-state index in [1.807, 2.05) is 0 Å². The summed E-state index contributed by atoms with van der Waals surface area (Å²) < 4.78 is 0. The van der Waals surface area contributed by atoms with Gasteiger partial charge in [0.05, 0.1) is 6.54 Å². The van der Waals surface area contributed by atoms with Crippen LogP contribution >= 0.6 is 0 Å². The third kappa shape index (κ3) is 7.56. The van der Waals surface area contributed by atoms with Crippen molar-refractivity contribution < 1.29 is 9.59 Å². The predicted octanol–water partition coefficient (Wildman–Crippen LogP) is 3.90. The molecule has 1 unspecified atom stereocenters. The summed E-state index contributed by atoms with van der Waals surface area (Å²) in [5.74, 6) is -0.00220. The average molecular weight is 362 g/mol. The lowest BCUT2D eigenvalue weighted by atomic mass is 9.85. The molecule has 1 atom stereocenters. The normalized spacial score (nSPS) is 12.7. The van der Waals surface area contributed by atoms with Crippen molar-refractivity contribution in [1.29, 1.82) is 0 Å². The minimum absolute atomic E-state index is 0.0536. The fourth-order valence-corrected chi connectivity index (χ4v) is 2.73. The molecule has 0 saturated carbocycles. The third-order valence-electron chi connectivity index (χ3n) is 4.35. The molecule has 1 aromatic carbocycles. The Labute approximate surface area is 158 Å². The molecule has 0 heterocycles. The first-order valence-electron chi connectivity index (χ1n) is 9.56. The minimum Gasteiger partial charge on any atom is -0.338 e. The van der Waals surface area contributed by atoms with Crippen LogP contribution in [0.1, 0.15) is 71.6 Å². The van der Waals surface area contributed by atoms with Crippen molar-refractivity contribution in [3.8, 4) is 0 Å². The number of amides is 3. The fourth-order valence-electron chi connectivity index (χ4n) is 2.73. The molecule has 0 aromatic heterocycles. The monoisotopic (exact) mass is 361 g/mol. The van der Waals surface area contributed by atoms with E-state index in [0.717, 1.165) is 18.4 Å². The Morgan fingerprint density at radius 1 is 1.08 bits per heavy atom. The van der Waals surface area contributed by atoms with Gasteiger partial charge in [0.2, 0.25) is 5.91 Å². The van der Waals surface area contributed by atoms with Crippen LogP contribution in [0.4, 0.5) is 4.79 Å². The highest BCUT2D eigenvalue weighted by molar-refractivity contribution is 5.95. The summed E-state index contributed by atoms with van der Waals surface area (Å²) in [5.41, 5.74) is 2.54. The SMILES string of the molecule is CCCCNC(=O)NC(=O)CNC(c1ccc(C(C)(C)C)cc1)C(C)C. The Morgan fingerprint density at radius 2 is 1.69 bits per heavy atom. The summed E-state index contributed by atoms with van der Waals surface area (Å²) in [6, 6.07) is 8.15. The van der Waals surface area contributed by atoms with E-state index in [-0.39, 0.29) is 23.9 Å². The zero-order valence-corrected chi connectivity index (χ0v) is 17.1. The molecule has 1 aromatic rings. The number of unbranched alkanes of at least 4 members (excludes halogenated alkanes) is 1. The molecule has 5 nitrogen and oxygen atoms in total. The van der Waals surface area contributed by atoms with Gasteiger partial charge in [-0.15, -0.1) is 0 Å². The van der Waals surface area contributed by atoms with E-state index in [4.69, 9.17) is 0 Å². The molecule has 26 heavy (non-hydrogen) atoms. The van der Waals surface area contributed by atoms with Crippen molar-refractivity contribution in [2.24, 2.45) is 5.92 Å². The highest BCUT2D eigenvalue weighted by Gasteiger charge is 2.19. The number of hydrogen-bond acceptors (Lipinski definition) is 3. The van der Waals surface area contributed by atoms with Crippen molar-refractivity contribution in [1.82, 2.24) is 16.0 Å². The first-order chi connectivity index (χ1) is 12.1. The average Bonchev–Trinajstić information content (AvgIpc) is 2.54. The lowest BCUT2D eigenvalue weighted by Gasteiger charge is -2.25. The Kier molecular flexibility index (Phi) is 8.79. The van der Waals surface area contributed by atoms with Crippen LogP contribution in [0.2, 0.25) is 0 Å². The van der Waals surface area contributed by atoms with Gasteiger partial charge in [-0.25, -0.2) is 4.79 Å². The van der Waals surface area contributed by atoms with Gasteiger partial charge in [0.1, 0.15) is 0 Å². The maximum atomic E-state index is 12.0. The molecule has 0 saturated heterocycles. The van der Waals surface area contributed by atoms with E-state index >= 15 is 0 Å². The molecule has 3 N–H and O–H groups in total. The van der Waals surface area contributed by atoms with Crippen LogP contribution in [0.15, 0.2) is 24.3 Å². The van der Waals surface area contributed by atoms with Crippen molar-refractivity contribution in [2.45, 2.75) is 65.8 Å². The van der Waals surface area contributed by atoms with Crippen LogP contribution < -0.4 is 16.0 Å². The smallest absolute Gasteiger partial charge is 0.321 e. The lowest BCUT2D eigenvalue weighted by molar-refractivity contribution is -0.119. The molecule has 0 radical (unpaired) electrons. The first-order valence-corrected chi connectivity index (χ1v) is 9.56. The molecule has 0 fully saturated rings. The Hall–Kier alpha value is -1.88. The number of nitrogens with one attached hydrogen (secondary N) is 3. The second kappa shape index (κ2) is 10.3. The number of carbonyl (C=O) groups is 2. The van der Waals surface area contributed by atoms with Crippen molar-refractivity contribution >= 4 is 11.9 Å². The molecule has 1 rings (SSSR count). The van der Waals surface area contributed by atoms with Crippen molar-refractivity contribution in [3.63, 3.8) is 0 Å². The number of urea groups is 1. The Bertz CT molecular complexity index is 574. The van der Waals surface area contributed by atoms with Gasteiger partial charge >= 0.3 is 6.03 Å². The second-order valence-electron chi connectivity index (χ2n) is 8.13. The van der Waals surface area contributed by atoms with E-state index < -0.39 is 6.03 Å². The maximum Gasteiger partial charge on any atom is 0.321 e. The standard InChI is InChI=1S/C21H35N3O2/c1-7-8-13-22-20(26)24-18(25)14-23-19(15(2)3)16-9-11-17(12-10-16)21(4,5)6/h9-12,15,19,23H,7-8,13-14H2,1-6H3,(H2,22,24,25,26). The van der Waals surface area contributed by atoms with E-state index in [2.05, 4.69) is 81.8 Å². The Morgan fingerprint density at radius 3 is 2.19 bits per heavy atom. The summed E-state index contributed by atoms with van der Waals surface area (Å²) in [5, 5.41) is 8.31. The van der Waals surface area contributed by atoms with Gasteiger partial charge in [0.25, 0.3) is 0 Å². The first kappa shape index (κ1) is 22.2. The number of benzene rings is 1. The van der Waals surface area contributed by atoms with Gasteiger partial charge < -0.3 is 10.6 Å². The molecule has 0 aliphatic rings. The molecular weight excluding hydrogens is 326 g/mol. The van der Waals surface area contributed by atoms with Crippen LogP contribution in [0, 0.1) is 5.92 Å². The molecule has 0 aliphatic carbocycles. The summed E-state index contributed by atoms with van der Waals surface area (Å²) >= 11 is 0. The van der Waals surface area contributed by atoms with Crippen molar-refractivity contribution in [2.75, 3.05) is 13.1 Å². The second-order valence-corrected chi connectivity index (χ2v) is 8.13. The maximum absolute atomic E-state index is 12.0. The van der Waals surface area contributed by atoms with Gasteiger partial charge in [-0.3, -0.25) is 10.1 Å².